The van der Waals surface area contributed by atoms with E-state index in [0.717, 1.165) is 6.26 Å². The fourth-order valence-corrected chi connectivity index (χ4v) is 2.20. The van der Waals surface area contributed by atoms with Crippen LogP contribution < -0.4 is 10.0 Å². The van der Waals surface area contributed by atoms with Gasteiger partial charge in [0.2, 0.25) is 10.0 Å². The molecule has 2 aromatic rings. The van der Waals surface area contributed by atoms with E-state index in [4.69, 9.17) is 4.42 Å². The van der Waals surface area contributed by atoms with Crippen LogP contribution >= 0.6 is 0 Å². The van der Waals surface area contributed by atoms with Crippen molar-refractivity contribution in [1.82, 2.24) is 5.32 Å². The van der Waals surface area contributed by atoms with E-state index in [0.29, 0.717) is 11.3 Å². The van der Waals surface area contributed by atoms with Gasteiger partial charge in [0.05, 0.1) is 19.1 Å². The summed E-state index contributed by atoms with van der Waals surface area (Å²) in [5, 5.41) is 2.59. The van der Waals surface area contributed by atoms with Gasteiger partial charge in [0.1, 0.15) is 0 Å². The second-order valence-electron chi connectivity index (χ2n) is 4.42. The van der Waals surface area contributed by atoms with Crippen molar-refractivity contribution in [3.8, 4) is 11.8 Å². The SMILES string of the molecule is CS(=O)(=O)Nc1cccc(C#CCNC(=O)c2ccco2)c1. The summed E-state index contributed by atoms with van der Waals surface area (Å²) in [5.74, 6) is 5.51. The molecule has 0 saturated carbocycles. The van der Waals surface area contributed by atoms with Crippen molar-refractivity contribution in [2.75, 3.05) is 17.5 Å². The van der Waals surface area contributed by atoms with Crippen LogP contribution in [0.5, 0.6) is 0 Å². The van der Waals surface area contributed by atoms with Gasteiger partial charge in [-0.25, -0.2) is 8.42 Å². The van der Waals surface area contributed by atoms with Crippen molar-refractivity contribution in [2.24, 2.45) is 0 Å². The Morgan fingerprint density at radius 2 is 2.09 bits per heavy atom. The van der Waals surface area contributed by atoms with Crippen molar-refractivity contribution in [3.05, 3.63) is 54.0 Å². The lowest BCUT2D eigenvalue weighted by Crippen LogP contribution is -2.22. The highest BCUT2D eigenvalue weighted by molar-refractivity contribution is 7.92. The summed E-state index contributed by atoms with van der Waals surface area (Å²) in [4.78, 5) is 11.6. The third-order valence-corrected chi connectivity index (χ3v) is 3.09. The summed E-state index contributed by atoms with van der Waals surface area (Å²) in [5.41, 5.74) is 1.08. The molecule has 114 valence electrons. The molecule has 1 heterocycles. The summed E-state index contributed by atoms with van der Waals surface area (Å²) in [7, 11) is -3.32. The zero-order chi connectivity index (χ0) is 16.0. The first kappa shape index (κ1) is 15.7. The molecule has 0 aliphatic rings. The predicted octanol–water partition coefficient (Wildman–Crippen LogP) is 1.43. The number of hydrogen-bond donors (Lipinski definition) is 2. The largest absolute Gasteiger partial charge is 0.459 e. The van der Waals surface area contributed by atoms with Gasteiger partial charge in [0.25, 0.3) is 5.91 Å². The first-order valence-electron chi connectivity index (χ1n) is 6.32. The minimum absolute atomic E-state index is 0.156. The van der Waals surface area contributed by atoms with Crippen LogP contribution in [0.1, 0.15) is 16.1 Å². The van der Waals surface area contributed by atoms with Crippen LogP contribution in [0.3, 0.4) is 0 Å². The molecule has 1 amide bonds. The van der Waals surface area contributed by atoms with E-state index in [1.807, 2.05) is 0 Å². The molecule has 0 unspecified atom stereocenters. The second-order valence-corrected chi connectivity index (χ2v) is 6.17. The number of carbonyl (C=O) groups excluding carboxylic acids is 1. The Labute approximate surface area is 128 Å². The molecule has 2 rings (SSSR count). The van der Waals surface area contributed by atoms with E-state index in [1.165, 1.54) is 6.26 Å². The third-order valence-electron chi connectivity index (χ3n) is 2.48. The summed E-state index contributed by atoms with van der Waals surface area (Å²) >= 11 is 0. The minimum atomic E-state index is -3.32. The lowest BCUT2D eigenvalue weighted by atomic mass is 10.2. The van der Waals surface area contributed by atoms with E-state index in [2.05, 4.69) is 21.9 Å². The number of rotatable bonds is 4. The Morgan fingerprint density at radius 1 is 1.27 bits per heavy atom. The molecular weight excluding hydrogens is 304 g/mol. The maximum absolute atomic E-state index is 11.6. The van der Waals surface area contributed by atoms with Gasteiger partial charge in [-0.15, -0.1) is 0 Å². The molecule has 2 N–H and O–H groups in total. The van der Waals surface area contributed by atoms with Crippen LogP contribution in [0.15, 0.2) is 47.1 Å². The van der Waals surface area contributed by atoms with Crippen molar-refractivity contribution in [1.29, 1.82) is 0 Å². The molecule has 6 nitrogen and oxygen atoms in total. The van der Waals surface area contributed by atoms with Gasteiger partial charge in [0, 0.05) is 11.3 Å². The van der Waals surface area contributed by atoms with Gasteiger partial charge in [0.15, 0.2) is 5.76 Å². The molecule has 0 atom stereocenters. The van der Waals surface area contributed by atoms with Crippen molar-refractivity contribution >= 4 is 21.6 Å². The number of carbonyl (C=O) groups is 1. The molecule has 22 heavy (non-hydrogen) atoms. The minimum Gasteiger partial charge on any atom is -0.459 e. The number of anilines is 1. The first-order valence-corrected chi connectivity index (χ1v) is 8.21. The average Bonchev–Trinajstić information content (AvgIpc) is 2.96. The summed E-state index contributed by atoms with van der Waals surface area (Å²) in [6, 6.07) is 9.87. The zero-order valence-corrected chi connectivity index (χ0v) is 12.6. The highest BCUT2D eigenvalue weighted by Gasteiger charge is 2.05. The Bertz CT molecular complexity index is 815. The smallest absolute Gasteiger partial charge is 0.287 e. The number of nitrogens with one attached hydrogen (secondary N) is 2. The number of sulfonamides is 1. The molecule has 0 aliphatic heterocycles. The normalized spacial score (nSPS) is 10.4. The van der Waals surface area contributed by atoms with Crippen LogP contribution in [0.25, 0.3) is 0 Å². The zero-order valence-electron chi connectivity index (χ0n) is 11.8. The molecule has 0 radical (unpaired) electrons. The fraction of sp³-hybridized carbons (Fsp3) is 0.133. The lowest BCUT2D eigenvalue weighted by molar-refractivity contribution is 0.0931. The lowest BCUT2D eigenvalue weighted by Gasteiger charge is -2.03. The van der Waals surface area contributed by atoms with Gasteiger partial charge in [-0.2, -0.15) is 0 Å². The molecule has 0 bridgehead atoms. The summed E-state index contributed by atoms with van der Waals surface area (Å²) in [6.45, 7) is 0.156. The molecule has 0 fully saturated rings. The van der Waals surface area contributed by atoms with Crippen molar-refractivity contribution in [2.45, 2.75) is 0 Å². The number of hydrogen-bond acceptors (Lipinski definition) is 4. The summed E-state index contributed by atoms with van der Waals surface area (Å²) in [6.07, 6.45) is 2.50. The van der Waals surface area contributed by atoms with E-state index in [-0.39, 0.29) is 18.2 Å². The van der Waals surface area contributed by atoms with Crippen molar-refractivity contribution < 1.29 is 17.6 Å². The molecule has 7 heteroatoms. The molecule has 0 aliphatic carbocycles. The molecule has 1 aromatic heterocycles. The number of benzene rings is 1. The number of amides is 1. The van der Waals surface area contributed by atoms with E-state index in [1.54, 1.807) is 36.4 Å². The maximum atomic E-state index is 11.6. The average molecular weight is 318 g/mol. The van der Waals surface area contributed by atoms with Gasteiger partial charge in [-0.1, -0.05) is 17.9 Å². The molecule has 0 saturated heterocycles. The molecular formula is C15H14N2O4S. The second kappa shape index (κ2) is 6.83. The molecule has 0 spiro atoms. The fourth-order valence-electron chi connectivity index (χ4n) is 1.64. The van der Waals surface area contributed by atoms with Crippen molar-refractivity contribution in [3.63, 3.8) is 0 Å². The van der Waals surface area contributed by atoms with Crippen LogP contribution in [-0.4, -0.2) is 27.1 Å². The maximum Gasteiger partial charge on any atom is 0.287 e. The van der Waals surface area contributed by atoms with Gasteiger partial charge in [-0.05, 0) is 30.3 Å². The topological polar surface area (TPSA) is 88.4 Å². The Hall–Kier alpha value is -2.72. The monoisotopic (exact) mass is 318 g/mol. The van der Waals surface area contributed by atoms with Crippen LogP contribution in [0.2, 0.25) is 0 Å². The van der Waals surface area contributed by atoms with Gasteiger partial charge < -0.3 is 9.73 Å². The molecule has 1 aromatic carbocycles. The van der Waals surface area contributed by atoms with Crippen LogP contribution in [-0.2, 0) is 10.0 Å². The highest BCUT2D eigenvalue weighted by Crippen LogP contribution is 2.10. The third kappa shape index (κ3) is 5.00. The standard InChI is InChI=1S/C15H14N2O4S/c1-22(19,20)17-13-7-2-5-12(11-13)6-3-9-16-15(18)14-8-4-10-21-14/h2,4-5,7-8,10-11,17H,9H2,1H3,(H,16,18). The van der Waals surface area contributed by atoms with E-state index < -0.39 is 10.0 Å². The van der Waals surface area contributed by atoms with Gasteiger partial charge >= 0.3 is 0 Å². The Balaban J connectivity index is 1.94. The van der Waals surface area contributed by atoms with E-state index in [9.17, 15) is 13.2 Å². The number of furan rings is 1. The van der Waals surface area contributed by atoms with E-state index >= 15 is 0 Å². The quantitative estimate of drug-likeness (QED) is 0.835. The highest BCUT2D eigenvalue weighted by atomic mass is 32.2. The van der Waals surface area contributed by atoms with Crippen LogP contribution in [0.4, 0.5) is 5.69 Å². The van der Waals surface area contributed by atoms with Crippen LogP contribution in [0, 0.1) is 11.8 Å². The first-order chi connectivity index (χ1) is 10.4. The Morgan fingerprint density at radius 3 is 2.77 bits per heavy atom. The van der Waals surface area contributed by atoms with Gasteiger partial charge in [-0.3, -0.25) is 9.52 Å². The predicted molar refractivity (Wildman–Crippen MR) is 82.8 cm³/mol. The Kier molecular flexibility index (Phi) is 4.86. The summed E-state index contributed by atoms with van der Waals surface area (Å²) < 4.78 is 29.6.